The van der Waals surface area contributed by atoms with Crippen molar-refractivity contribution in [1.82, 2.24) is 20.3 Å². The predicted octanol–water partition coefficient (Wildman–Crippen LogP) is 2.47. The van der Waals surface area contributed by atoms with Crippen LogP contribution in [0.3, 0.4) is 0 Å². The van der Waals surface area contributed by atoms with Gasteiger partial charge in [-0.2, -0.15) is 0 Å². The molecular formula is C27H29N7O7. The maximum atomic E-state index is 12.1. The minimum Gasteiger partial charge on any atom is -0.477 e. The summed E-state index contributed by atoms with van der Waals surface area (Å²) in [5, 5.41) is 28.7. The Morgan fingerprint density at radius 1 is 1.24 bits per heavy atom. The molecule has 5 rings (SSSR count). The van der Waals surface area contributed by atoms with Crippen molar-refractivity contribution >= 4 is 35.4 Å². The van der Waals surface area contributed by atoms with Gasteiger partial charge in [-0.25, -0.2) is 24.5 Å². The van der Waals surface area contributed by atoms with Crippen molar-refractivity contribution < 1.29 is 34.0 Å². The predicted molar refractivity (Wildman–Crippen MR) is 147 cm³/mol. The highest BCUT2D eigenvalue weighted by Gasteiger charge is 2.55. The number of carbonyl (C=O) groups excluding carboxylic acids is 1. The van der Waals surface area contributed by atoms with Crippen molar-refractivity contribution in [1.29, 1.82) is 0 Å². The van der Waals surface area contributed by atoms with Crippen LogP contribution in [-0.2, 0) is 9.47 Å². The summed E-state index contributed by atoms with van der Waals surface area (Å²) in [7, 11) is 0. The van der Waals surface area contributed by atoms with Gasteiger partial charge in [0.05, 0.1) is 13.1 Å². The van der Waals surface area contributed by atoms with Crippen LogP contribution < -0.4 is 25.6 Å². The second-order valence-electron chi connectivity index (χ2n) is 9.08. The highest BCUT2D eigenvalue weighted by molar-refractivity contribution is 5.94. The van der Waals surface area contributed by atoms with Gasteiger partial charge in [-0.15, -0.1) is 0 Å². The molecule has 0 bridgehead atoms. The zero-order valence-corrected chi connectivity index (χ0v) is 22.1. The molecule has 0 aliphatic carbocycles. The van der Waals surface area contributed by atoms with E-state index in [1.54, 1.807) is 17.9 Å². The number of carboxylic acids is 1. The molecule has 3 atom stereocenters. The zero-order chi connectivity index (χ0) is 28.8. The fourth-order valence-corrected chi connectivity index (χ4v) is 4.44. The van der Waals surface area contributed by atoms with Crippen LogP contribution in [0.5, 0.6) is 5.88 Å². The highest BCUT2D eigenvalue weighted by Crippen LogP contribution is 2.46. The molecule has 3 aromatic rings. The molecule has 1 fully saturated rings. The van der Waals surface area contributed by atoms with Crippen LogP contribution in [0.15, 0.2) is 61.1 Å². The fourth-order valence-electron chi connectivity index (χ4n) is 4.44. The van der Waals surface area contributed by atoms with Crippen LogP contribution in [0.2, 0.25) is 0 Å². The van der Waals surface area contributed by atoms with E-state index in [9.17, 15) is 19.8 Å². The van der Waals surface area contributed by atoms with Crippen molar-refractivity contribution in [3.63, 3.8) is 0 Å². The smallest absolute Gasteiger partial charge is 0.341 e. The monoisotopic (exact) mass is 563 g/mol. The van der Waals surface area contributed by atoms with E-state index in [4.69, 9.17) is 14.2 Å². The van der Waals surface area contributed by atoms with Gasteiger partial charge < -0.3 is 30.3 Å². The molecule has 5 N–H and O–H groups in total. The van der Waals surface area contributed by atoms with E-state index < -0.39 is 30.3 Å². The molecule has 214 valence electrons. The van der Waals surface area contributed by atoms with E-state index in [2.05, 4.69) is 30.9 Å². The van der Waals surface area contributed by atoms with E-state index in [0.29, 0.717) is 18.1 Å². The Labute approximate surface area is 235 Å². The van der Waals surface area contributed by atoms with Gasteiger partial charge >= 0.3 is 12.0 Å². The minimum atomic E-state index is -1.47. The summed E-state index contributed by atoms with van der Waals surface area (Å²) in [6, 6.07) is 11.9. The molecule has 2 aliphatic heterocycles. The SMILES string of the molecule is CCNC(=O)Nc1ncnc2c1NCN2C1(O[C@H](O)/C=C/c2ccccc2)CC(COc2ncccc2C(=O)O)O1. The van der Waals surface area contributed by atoms with Crippen molar-refractivity contribution in [2.24, 2.45) is 0 Å². The average molecular weight is 564 g/mol. The summed E-state index contributed by atoms with van der Waals surface area (Å²) in [4.78, 5) is 37.8. The first-order valence-corrected chi connectivity index (χ1v) is 12.9. The van der Waals surface area contributed by atoms with Gasteiger partial charge in [0.2, 0.25) is 5.88 Å². The summed E-state index contributed by atoms with van der Waals surface area (Å²) in [5.41, 5.74) is 1.26. The first-order valence-electron chi connectivity index (χ1n) is 12.9. The van der Waals surface area contributed by atoms with Gasteiger partial charge in [-0.3, -0.25) is 15.0 Å². The lowest BCUT2D eigenvalue weighted by atomic mass is 10.1. The summed E-state index contributed by atoms with van der Waals surface area (Å²) >= 11 is 0. The topological polar surface area (TPSA) is 180 Å². The summed E-state index contributed by atoms with van der Waals surface area (Å²) in [6.07, 6.45) is 4.29. The lowest BCUT2D eigenvalue weighted by molar-refractivity contribution is -0.373. The summed E-state index contributed by atoms with van der Waals surface area (Å²) in [5.74, 6) is -2.01. The van der Waals surface area contributed by atoms with E-state index in [0.717, 1.165) is 5.56 Å². The molecule has 4 heterocycles. The molecule has 0 radical (unpaired) electrons. The minimum absolute atomic E-state index is 0.0136. The van der Waals surface area contributed by atoms with Gasteiger partial charge in [-0.05, 0) is 30.7 Å². The first-order chi connectivity index (χ1) is 19.9. The maximum Gasteiger partial charge on any atom is 0.341 e. The zero-order valence-electron chi connectivity index (χ0n) is 22.1. The van der Waals surface area contributed by atoms with Crippen LogP contribution in [0.25, 0.3) is 6.08 Å². The Balaban J connectivity index is 1.35. The number of pyridine rings is 1. The van der Waals surface area contributed by atoms with Gasteiger partial charge in [0, 0.05) is 12.7 Å². The first kappa shape index (κ1) is 27.8. The summed E-state index contributed by atoms with van der Waals surface area (Å²) in [6.45, 7) is 2.39. The Bertz CT molecular complexity index is 1420. The fraction of sp³-hybridized carbons (Fsp3) is 0.296. The van der Waals surface area contributed by atoms with Crippen LogP contribution in [0, 0.1) is 0 Å². The van der Waals surface area contributed by atoms with Crippen LogP contribution >= 0.6 is 0 Å². The number of aromatic nitrogens is 3. The molecule has 2 aliphatic rings. The Morgan fingerprint density at radius 2 is 2.05 bits per heavy atom. The third-order valence-electron chi connectivity index (χ3n) is 6.28. The number of nitrogens with zero attached hydrogens (tertiary/aromatic N) is 4. The lowest BCUT2D eigenvalue weighted by Gasteiger charge is -2.51. The highest BCUT2D eigenvalue weighted by atomic mass is 16.8. The number of hydrogen-bond acceptors (Lipinski definition) is 11. The Hall–Kier alpha value is -4.79. The van der Waals surface area contributed by atoms with Gasteiger partial charge in [0.1, 0.15) is 30.3 Å². The Morgan fingerprint density at radius 3 is 2.80 bits per heavy atom. The number of anilines is 3. The number of urea groups is 1. The van der Waals surface area contributed by atoms with E-state index in [1.807, 2.05) is 30.3 Å². The molecule has 1 saturated heterocycles. The lowest BCUT2D eigenvalue weighted by Crippen LogP contribution is -2.66. The van der Waals surface area contributed by atoms with Crippen molar-refractivity contribution in [3.05, 3.63) is 72.2 Å². The number of hydrogen-bond donors (Lipinski definition) is 5. The number of aliphatic hydroxyl groups excluding tert-OH is 1. The second kappa shape index (κ2) is 12.2. The van der Waals surface area contributed by atoms with Gasteiger partial charge in [0.15, 0.2) is 17.9 Å². The van der Waals surface area contributed by atoms with Crippen LogP contribution in [-0.4, -0.2) is 75.3 Å². The maximum absolute atomic E-state index is 12.1. The number of fused-ring (bicyclic) bond motifs is 1. The van der Waals surface area contributed by atoms with Crippen molar-refractivity contribution in [3.8, 4) is 5.88 Å². The molecular weight excluding hydrogens is 534 g/mol. The van der Waals surface area contributed by atoms with Crippen molar-refractivity contribution in [2.75, 3.05) is 35.4 Å². The number of aromatic carboxylic acids is 1. The van der Waals surface area contributed by atoms with E-state index in [-0.39, 0.29) is 37.0 Å². The quantitative estimate of drug-likeness (QED) is 0.215. The summed E-state index contributed by atoms with van der Waals surface area (Å²) < 4.78 is 17.9. The number of nitrogens with one attached hydrogen (secondary N) is 3. The van der Waals surface area contributed by atoms with Gasteiger partial charge in [-0.1, -0.05) is 36.4 Å². The van der Waals surface area contributed by atoms with Crippen LogP contribution in [0.1, 0.15) is 29.3 Å². The number of rotatable bonds is 11. The molecule has 1 aromatic carbocycles. The molecule has 14 heteroatoms. The van der Waals surface area contributed by atoms with Gasteiger partial charge in [0.25, 0.3) is 5.91 Å². The Kier molecular flexibility index (Phi) is 8.24. The number of carbonyl (C=O) groups is 2. The second-order valence-corrected chi connectivity index (χ2v) is 9.08. The standard InChI is InChI=1S/C27H29N7O7/c1-2-28-26(38)33-22-21-23(31-15-30-22)34(16-32-21)27(41-20(35)11-10-17-7-4-3-5-8-17)13-18(40-27)14-39-24-19(25(36)37)9-6-12-29-24/h3-12,15,18,20,32,35H,2,13-14,16H2,1H3,(H,36,37)(H2,28,30,31,33,38)/b11-10+/t18?,20-,27?/m0/s1. The molecule has 2 amide bonds. The van der Waals surface area contributed by atoms with E-state index >= 15 is 0 Å². The molecule has 41 heavy (non-hydrogen) atoms. The molecule has 2 aromatic heterocycles. The number of benzene rings is 1. The molecule has 14 nitrogen and oxygen atoms in total. The van der Waals surface area contributed by atoms with Crippen molar-refractivity contribution in [2.45, 2.75) is 31.6 Å². The molecule has 2 unspecified atom stereocenters. The third-order valence-corrected chi connectivity index (χ3v) is 6.28. The van der Waals surface area contributed by atoms with E-state index in [1.165, 1.54) is 30.7 Å². The number of carboxylic acid groups (broad SMARTS) is 1. The van der Waals surface area contributed by atoms with Crippen LogP contribution in [0.4, 0.5) is 22.1 Å². The third kappa shape index (κ3) is 6.19. The molecule has 0 spiro atoms. The number of amides is 2. The average Bonchev–Trinajstić information content (AvgIpc) is 3.39. The molecule has 0 saturated carbocycles. The number of aliphatic hydroxyl groups is 1. The largest absolute Gasteiger partial charge is 0.477 e. The normalized spacial score (nSPS) is 20.0. The number of ether oxygens (including phenoxy) is 3.